The van der Waals surface area contributed by atoms with Crippen LogP contribution in [0.25, 0.3) is 0 Å². The molecule has 1 aliphatic carbocycles. The molecule has 1 fully saturated rings. The lowest BCUT2D eigenvalue weighted by atomic mass is 9.82. The SMILES string of the molecule is CCc1nn(C)c(Cl)c1CNC1CC(C)C1.Cl. The minimum atomic E-state index is 0. The van der Waals surface area contributed by atoms with Crippen LogP contribution in [0.4, 0.5) is 0 Å². The van der Waals surface area contributed by atoms with E-state index in [1.807, 2.05) is 7.05 Å². The van der Waals surface area contributed by atoms with Crippen molar-refractivity contribution in [1.29, 1.82) is 0 Å². The highest BCUT2D eigenvalue weighted by molar-refractivity contribution is 6.30. The van der Waals surface area contributed by atoms with Crippen molar-refractivity contribution < 1.29 is 0 Å². The summed E-state index contributed by atoms with van der Waals surface area (Å²) in [5, 5.41) is 8.74. The van der Waals surface area contributed by atoms with Crippen LogP contribution in [0, 0.1) is 5.92 Å². The summed E-state index contributed by atoms with van der Waals surface area (Å²) in [6.45, 7) is 5.27. The van der Waals surface area contributed by atoms with E-state index in [0.29, 0.717) is 6.04 Å². The van der Waals surface area contributed by atoms with Crippen molar-refractivity contribution in [2.75, 3.05) is 0 Å². The Morgan fingerprint density at radius 3 is 2.65 bits per heavy atom. The topological polar surface area (TPSA) is 29.9 Å². The maximum Gasteiger partial charge on any atom is 0.131 e. The average Bonchev–Trinajstić information content (AvgIpc) is 2.49. The van der Waals surface area contributed by atoms with Crippen LogP contribution in [-0.2, 0) is 20.0 Å². The summed E-state index contributed by atoms with van der Waals surface area (Å²) in [7, 11) is 1.90. The summed E-state index contributed by atoms with van der Waals surface area (Å²) < 4.78 is 1.76. The minimum absolute atomic E-state index is 0. The van der Waals surface area contributed by atoms with Crippen molar-refractivity contribution in [1.82, 2.24) is 15.1 Å². The molecule has 1 saturated carbocycles. The summed E-state index contributed by atoms with van der Waals surface area (Å²) in [5.41, 5.74) is 2.29. The van der Waals surface area contributed by atoms with Crippen molar-refractivity contribution in [3.8, 4) is 0 Å². The fraction of sp³-hybridized carbons (Fsp3) is 0.750. The van der Waals surface area contributed by atoms with Crippen LogP contribution < -0.4 is 5.32 Å². The number of aromatic nitrogens is 2. The van der Waals surface area contributed by atoms with Crippen LogP contribution in [0.1, 0.15) is 37.9 Å². The van der Waals surface area contributed by atoms with E-state index in [2.05, 4.69) is 24.3 Å². The van der Waals surface area contributed by atoms with Crippen LogP contribution in [0.2, 0.25) is 5.15 Å². The van der Waals surface area contributed by atoms with Gasteiger partial charge in [-0.25, -0.2) is 0 Å². The second-order valence-corrected chi connectivity index (χ2v) is 5.21. The van der Waals surface area contributed by atoms with E-state index >= 15 is 0 Å². The lowest BCUT2D eigenvalue weighted by Crippen LogP contribution is -2.39. The zero-order chi connectivity index (χ0) is 11.7. The molecule has 17 heavy (non-hydrogen) atoms. The molecular weight excluding hydrogens is 257 g/mol. The van der Waals surface area contributed by atoms with Gasteiger partial charge in [-0.15, -0.1) is 12.4 Å². The van der Waals surface area contributed by atoms with Crippen molar-refractivity contribution in [2.24, 2.45) is 13.0 Å². The molecule has 0 aliphatic heterocycles. The molecule has 0 unspecified atom stereocenters. The monoisotopic (exact) mass is 277 g/mol. The first kappa shape index (κ1) is 14.8. The normalized spacial score (nSPS) is 23.1. The van der Waals surface area contributed by atoms with Gasteiger partial charge in [-0.2, -0.15) is 5.10 Å². The van der Waals surface area contributed by atoms with Gasteiger partial charge in [0.05, 0.1) is 5.69 Å². The van der Waals surface area contributed by atoms with Gasteiger partial charge >= 0.3 is 0 Å². The molecular formula is C12H21Cl2N3. The lowest BCUT2D eigenvalue weighted by molar-refractivity contribution is 0.240. The molecule has 5 heteroatoms. The summed E-state index contributed by atoms with van der Waals surface area (Å²) >= 11 is 6.23. The molecule has 0 radical (unpaired) electrons. The van der Waals surface area contributed by atoms with Crippen molar-refractivity contribution in [2.45, 2.75) is 45.7 Å². The van der Waals surface area contributed by atoms with Crippen LogP contribution in [0.3, 0.4) is 0 Å². The van der Waals surface area contributed by atoms with Crippen LogP contribution in [0.15, 0.2) is 0 Å². The van der Waals surface area contributed by atoms with Gasteiger partial charge in [0.25, 0.3) is 0 Å². The predicted molar refractivity (Wildman–Crippen MR) is 73.9 cm³/mol. The van der Waals surface area contributed by atoms with Crippen LogP contribution in [-0.4, -0.2) is 15.8 Å². The molecule has 0 atom stereocenters. The van der Waals surface area contributed by atoms with E-state index < -0.39 is 0 Å². The van der Waals surface area contributed by atoms with Gasteiger partial charge in [0.1, 0.15) is 5.15 Å². The molecule has 0 saturated heterocycles. The van der Waals surface area contributed by atoms with Gasteiger partial charge in [-0.05, 0) is 25.2 Å². The molecule has 98 valence electrons. The molecule has 0 amide bonds. The van der Waals surface area contributed by atoms with E-state index in [0.717, 1.165) is 29.7 Å². The average molecular weight is 278 g/mol. The molecule has 0 spiro atoms. The molecule has 1 N–H and O–H groups in total. The van der Waals surface area contributed by atoms with Gasteiger partial charge in [0.15, 0.2) is 0 Å². The first-order valence-corrected chi connectivity index (χ1v) is 6.43. The van der Waals surface area contributed by atoms with Gasteiger partial charge in [-0.1, -0.05) is 25.4 Å². The number of nitrogens with zero attached hydrogens (tertiary/aromatic N) is 2. The molecule has 3 nitrogen and oxygen atoms in total. The lowest BCUT2D eigenvalue weighted by Gasteiger charge is -2.33. The van der Waals surface area contributed by atoms with Crippen molar-refractivity contribution in [3.63, 3.8) is 0 Å². The zero-order valence-electron chi connectivity index (χ0n) is 10.7. The van der Waals surface area contributed by atoms with E-state index in [9.17, 15) is 0 Å². The van der Waals surface area contributed by atoms with Gasteiger partial charge in [0.2, 0.25) is 0 Å². The second kappa shape index (κ2) is 6.07. The molecule has 0 aromatic carbocycles. The quantitative estimate of drug-likeness (QED) is 0.917. The maximum atomic E-state index is 6.23. The first-order chi connectivity index (χ1) is 7.61. The van der Waals surface area contributed by atoms with Crippen LogP contribution in [0.5, 0.6) is 0 Å². The minimum Gasteiger partial charge on any atom is -0.310 e. The Kier molecular flexibility index (Phi) is 5.29. The highest BCUT2D eigenvalue weighted by Gasteiger charge is 2.25. The predicted octanol–water partition coefficient (Wildman–Crippen LogP) is 2.95. The Bertz CT molecular complexity index is 370. The number of hydrogen-bond donors (Lipinski definition) is 1. The largest absolute Gasteiger partial charge is 0.310 e. The summed E-state index contributed by atoms with van der Waals surface area (Å²) in [5.74, 6) is 0.882. The van der Waals surface area contributed by atoms with E-state index in [-0.39, 0.29) is 12.4 Å². The van der Waals surface area contributed by atoms with Crippen LogP contribution >= 0.6 is 24.0 Å². The molecule has 1 heterocycles. The molecule has 1 aromatic heterocycles. The third-order valence-electron chi connectivity index (χ3n) is 3.43. The van der Waals surface area contributed by atoms with Crippen molar-refractivity contribution in [3.05, 3.63) is 16.4 Å². The highest BCUT2D eigenvalue weighted by atomic mass is 35.5. The Labute approximate surface area is 114 Å². The Morgan fingerprint density at radius 2 is 2.12 bits per heavy atom. The number of nitrogens with one attached hydrogen (secondary N) is 1. The summed E-state index contributed by atoms with van der Waals surface area (Å²) in [4.78, 5) is 0. The fourth-order valence-corrected chi connectivity index (χ4v) is 2.59. The van der Waals surface area contributed by atoms with E-state index in [4.69, 9.17) is 11.6 Å². The number of aryl methyl sites for hydroxylation is 2. The fourth-order valence-electron chi connectivity index (χ4n) is 2.37. The van der Waals surface area contributed by atoms with Gasteiger partial charge < -0.3 is 5.32 Å². The third kappa shape index (κ3) is 3.15. The van der Waals surface area contributed by atoms with Gasteiger partial charge in [-0.3, -0.25) is 4.68 Å². The molecule has 2 rings (SSSR count). The number of rotatable bonds is 4. The van der Waals surface area contributed by atoms with Crippen molar-refractivity contribution >= 4 is 24.0 Å². The smallest absolute Gasteiger partial charge is 0.131 e. The number of halogens is 2. The second-order valence-electron chi connectivity index (χ2n) is 4.85. The Hall–Kier alpha value is -0.250. The first-order valence-electron chi connectivity index (χ1n) is 6.05. The highest BCUT2D eigenvalue weighted by Crippen LogP contribution is 2.27. The zero-order valence-corrected chi connectivity index (χ0v) is 12.2. The Morgan fingerprint density at radius 1 is 1.47 bits per heavy atom. The van der Waals surface area contributed by atoms with E-state index in [1.54, 1.807) is 4.68 Å². The maximum absolute atomic E-state index is 6.23. The molecule has 0 bridgehead atoms. The summed E-state index contributed by atoms with van der Waals surface area (Å²) in [6.07, 6.45) is 3.53. The molecule has 1 aliphatic rings. The standard InChI is InChI=1S/C12H20ClN3.ClH/c1-4-11-10(12(13)16(3)15-11)7-14-9-5-8(2)6-9;/h8-9,14H,4-7H2,1-3H3;1H. The Balaban J connectivity index is 0.00000144. The molecule has 1 aromatic rings. The van der Waals surface area contributed by atoms with Gasteiger partial charge in [0, 0.05) is 25.2 Å². The summed E-state index contributed by atoms with van der Waals surface area (Å²) in [6, 6.07) is 0.677. The van der Waals surface area contributed by atoms with E-state index in [1.165, 1.54) is 18.4 Å². The third-order valence-corrected chi connectivity index (χ3v) is 3.90. The number of hydrogen-bond acceptors (Lipinski definition) is 2.